The van der Waals surface area contributed by atoms with Crippen LogP contribution in [0.25, 0.3) is 0 Å². The molecule has 0 bridgehead atoms. The molecule has 0 radical (unpaired) electrons. The van der Waals surface area contributed by atoms with Gasteiger partial charge < -0.3 is 0 Å². The number of hydrogen-bond donors (Lipinski definition) is 0. The molecule has 1 saturated heterocycles. The third-order valence-corrected chi connectivity index (χ3v) is 5.18. The van der Waals surface area contributed by atoms with Crippen LogP contribution in [0.15, 0.2) is 18.2 Å². The second-order valence-electron chi connectivity index (χ2n) is 6.21. The van der Waals surface area contributed by atoms with Crippen molar-refractivity contribution in [1.29, 1.82) is 0 Å². The van der Waals surface area contributed by atoms with Crippen molar-refractivity contribution < 1.29 is 9.18 Å². The SMILES string of the molecule is O=C1CCCCC1C1CCCN1Cc1cccc(Cl)c1F. The number of rotatable bonds is 3. The predicted octanol–water partition coefficient (Wildman–Crippen LogP) is 4.20. The average molecular weight is 310 g/mol. The number of carbonyl (C=O) groups is 1. The maximum atomic E-state index is 14.1. The number of carbonyl (C=O) groups excluding carboxylic acids is 1. The minimum absolute atomic E-state index is 0.156. The lowest BCUT2D eigenvalue weighted by molar-refractivity contribution is -0.126. The van der Waals surface area contributed by atoms with Crippen molar-refractivity contribution in [2.45, 2.75) is 51.1 Å². The Labute approximate surface area is 130 Å². The van der Waals surface area contributed by atoms with E-state index in [1.807, 2.05) is 0 Å². The summed E-state index contributed by atoms with van der Waals surface area (Å²) >= 11 is 5.86. The van der Waals surface area contributed by atoms with Gasteiger partial charge in [-0.05, 0) is 38.3 Å². The molecular formula is C17H21ClFNO. The van der Waals surface area contributed by atoms with Gasteiger partial charge in [0.1, 0.15) is 11.6 Å². The van der Waals surface area contributed by atoms with Gasteiger partial charge in [0, 0.05) is 30.5 Å². The molecule has 3 rings (SSSR count). The van der Waals surface area contributed by atoms with Gasteiger partial charge in [0.05, 0.1) is 5.02 Å². The average Bonchev–Trinajstić information content (AvgIpc) is 2.92. The molecule has 0 amide bonds. The van der Waals surface area contributed by atoms with Crippen LogP contribution in [0.2, 0.25) is 5.02 Å². The van der Waals surface area contributed by atoms with Crippen molar-refractivity contribution in [2.75, 3.05) is 6.54 Å². The largest absolute Gasteiger partial charge is 0.299 e. The molecule has 1 aliphatic heterocycles. The van der Waals surface area contributed by atoms with E-state index in [2.05, 4.69) is 4.90 Å². The van der Waals surface area contributed by atoms with Crippen molar-refractivity contribution in [1.82, 2.24) is 4.90 Å². The molecule has 2 atom stereocenters. The molecule has 2 aliphatic rings. The molecule has 2 unspecified atom stereocenters. The molecule has 0 N–H and O–H groups in total. The minimum Gasteiger partial charge on any atom is -0.299 e. The van der Waals surface area contributed by atoms with Crippen molar-refractivity contribution >= 4 is 17.4 Å². The van der Waals surface area contributed by atoms with Gasteiger partial charge in [-0.25, -0.2) is 4.39 Å². The first kappa shape index (κ1) is 15.0. The van der Waals surface area contributed by atoms with E-state index in [0.29, 0.717) is 17.9 Å². The number of halogens is 2. The minimum atomic E-state index is -0.320. The van der Waals surface area contributed by atoms with E-state index in [4.69, 9.17) is 11.6 Å². The molecule has 21 heavy (non-hydrogen) atoms. The molecule has 1 aromatic carbocycles. The summed E-state index contributed by atoms with van der Waals surface area (Å²) < 4.78 is 14.1. The van der Waals surface area contributed by atoms with Gasteiger partial charge in [-0.15, -0.1) is 0 Å². The maximum Gasteiger partial charge on any atom is 0.146 e. The lowest BCUT2D eigenvalue weighted by atomic mass is 9.81. The van der Waals surface area contributed by atoms with Crippen molar-refractivity contribution in [2.24, 2.45) is 5.92 Å². The molecule has 4 heteroatoms. The highest BCUT2D eigenvalue weighted by Crippen LogP contribution is 2.33. The summed E-state index contributed by atoms with van der Waals surface area (Å²) in [4.78, 5) is 14.5. The molecule has 2 fully saturated rings. The van der Waals surface area contributed by atoms with Gasteiger partial charge in [0.2, 0.25) is 0 Å². The van der Waals surface area contributed by atoms with Crippen LogP contribution in [0.4, 0.5) is 4.39 Å². The number of Topliss-reactive ketones (excluding diaryl/α,β-unsaturated/α-hetero) is 1. The predicted molar refractivity (Wildman–Crippen MR) is 81.8 cm³/mol. The van der Waals surface area contributed by atoms with Crippen molar-refractivity contribution in [3.63, 3.8) is 0 Å². The molecule has 1 aliphatic carbocycles. The van der Waals surface area contributed by atoms with Crippen LogP contribution in [0, 0.1) is 11.7 Å². The standard InChI is InChI=1S/C17H21ClFNO/c18-14-7-3-5-12(17(14)19)11-20-10-4-8-15(20)13-6-1-2-9-16(13)21/h3,5,7,13,15H,1-2,4,6,8-11H2. The Morgan fingerprint density at radius 3 is 2.90 bits per heavy atom. The second kappa shape index (κ2) is 6.45. The van der Waals surface area contributed by atoms with E-state index in [1.165, 1.54) is 0 Å². The highest BCUT2D eigenvalue weighted by atomic mass is 35.5. The van der Waals surface area contributed by atoms with Crippen LogP contribution in [-0.4, -0.2) is 23.3 Å². The fourth-order valence-corrected chi connectivity index (χ4v) is 4.00. The van der Waals surface area contributed by atoms with E-state index in [9.17, 15) is 9.18 Å². The number of ketones is 1. The third-order valence-electron chi connectivity index (χ3n) is 4.89. The summed E-state index contributed by atoms with van der Waals surface area (Å²) in [6.45, 7) is 1.50. The monoisotopic (exact) mass is 309 g/mol. The first-order valence-electron chi connectivity index (χ1n) is 7.86. The first-order chi connectivity index (χ1) is 10.2. The lowest BCUT2D eigenvalue weighted by Crippen LogP contribution is -2.40. The molecule has 1 aromatic rings. The van der Waals surface area contributed by atoms with Gasteiger partial charge in [-0.2, -0.15) is 0 Å². The molecule has 2 nitrogen and oxygen atoms in total. The number of nitrogens with zero attached hydrogens (tertiary/aromatic N) is 1. The van der Waals surface area contributed by atoms with Gasteiger partial charge in [-0.1, -0.05) is 30.2 Å². The van der Waals surface area contributed by atoms with Gasteiger partial charge in [0.25, 0.3) is 0 Å². The van der Waals surface area contributed by atoms with E-state index in [0.717, 1.165) is 45.1 Å². The van der Waals surface area contributed by atoms with Gasteiger partial charge in [0.15, 0.2) is 0 Å². The van der Waals surface area contributed by atoms with Crippen LogP contribution in [0.3, 0.4) is 0 Å². The van der Waals surface area contributed by atoms with Crippen LogP contribution in [0.5, 0.6) is 0 Å². The lowest BCUT2D eigenvalue weighted by Gasteiger charge is -2.33. The molecular weight excluding hydrogens is 289 g/mol. The summed E-state index contributed by atoms with van der Waals surface area (Å²) in [5.41, 5.74) is 0.637. The van der Waals surface area contributed by atoms with Crippen LogP contribution in [0.1, 0.15) is 44.1 Å². The Morgan fingerprint density at radius 2 is 2.10 bits per heavy atom. The van der Waals surface area contributed by atoms with Crippen LogP contribution >= 0.6 is 11.6 Å². The number of likely N-dealkylation sites (tertiary alicyclic amines) is 1. The van der Waals surface area contributed by atoms with Gasteiger partial charge >= 0.3 is 0 Å². The summed E-state index contributed by atoms with van der Waals surface area (Å²) in [5.74, 6) is 0.244. The van der Waals surface area contributed by atoms with Crippen molar-refractivity contribution in [3.05, 3.63) is 34.6 Å². The Kier molecular flexibility index (Phi) is 4.60. The zero-order valence-corrected chi connectivity index (χ0v) is 12.9. The Hall–Kier alpha value is -0.930. The maximum absolute atomic E-state index is 14.1. The highest BCUT2D eigenvalue weighted by Gasteiger charge is 2.36. The second-order valence-corrected chi connectivity index (χ2v) is 6.62. The highest BCUT2D eigenvalue weighted by molar-refractivity contribution is 6.30. The van der Waals surface area contributed by atoms with Gasteiger partial charge in [-0.3, -0.25) is 9.69 Å². The zero-order valence-electron chi connectivity index (χ0n) is 12.2. The van der Waals surface area contributed by atoms with E-state index >= 15 is 0 Å². The zero-order chi connectivity index (χ0) is 14.8. The summed E-state index contributed by atoms with van der Waals surface area (Å²) in [5, 5.41) is 0.178. The van der Waals surface area contributed by atoms with Crippen LogP contribution < -0.4 is 0 Å². The summed E-state index contributed by atoms with van der Waals surface area (Å²) in [6.07, 6.45) is 6.05. The number of benzene rings is 1. The quantitative estimate of drug-likeness (QED) is 0.834. The third kappa shape index (κ3) is 3.14. The topological polar surface area (TPSA) is 20.3 Å². The summed E-state index contributed by atoms with van der Waals surface area (Å²) in [7, 11) is 0. The van der Waals surface area contributed by atoms with E-state index in [-0.39, 0.29) is 22.8 Å². The summed E-state index contributed by atoms with van der Waals surface area (Å²) in [6, 6.07) is 5.44. The number of hydrogen-bond acceptors (Lipinski definition) is 2. The molecule has 0 aromatic heterocycles. The van der Waals surface area contributed by atoms with Crippen molar-refractivity contribution in [3.8, 4) is 0 Å². The Balaban J connectivity index is 1.75. The normalized spacial score (nSPS) is 27.2. The molecule has 1 saturated carbocycles. The van der Waals surface area contributed by atoms with E-state index < -0.39 is 0 Å². The fraction of sp³-hybridized carbons (Fsp3) is 0.588. The Bertz CT molecular complexity index is 534. The molecule has 0 spiro atoms. The molecule has 1 heterocycles. The molecule has 114 valence electrons. The first-order valence-corrected chi connectivity index (χ1v) is 8.24. The van der Waals surface area contributed by atoms with Crippen LogP contribution in [-0.2, 0) is 11.3 Å². The fourth-order valence-electron chi connectivity index (χ4n) is 3.81. The van der Waals surface area contributed by atoms with E-state index in [1.54, 1.807) is 18.2 Å². The Morgan fingerprint density at radius 1 is 1.24 bits per heavy atom. The smallest absolute Gasteiger partial charge is 0.146 e.